The number of aryl methyl sites for hydroxylation is 4. The Morgan fingerprint density at radius 3 is 1.51 bits per heavy atom. The molecule has 0 unspecified atom stereocenters. The van der Waals surface area contributed by atoms with Crippen molar-refractivity contribution in [3.05, 3.63) is 147 Å². The van der Waals surface area contributed by atoms with Crippen molar-refractivity contribution in [2.24, 2.45) is 0 Å². The predicted octanol–water partition coefficient (Wildman–Crippen LogP) is 8.57. The van der Waals surface area contributed by atoms with Crippen molar-refractivity contribution < 1.29 is 22.3 Å². The fourth-order valence-corrected chi connectivity index (χ4v) is 11.2. The second kappa shape index (κ2) is 11.7. The first kappa shape index (κ1) is 28.6. The van der Waals surface area contributed by atoms with E-state index in [1.165, 1.54) is 58.7 Å². The van der Waals surface area contributed by atoms with Crippen molar-refractivity contribution in [3.8, 4) is 0 Å². The van der Waals surface area contributed by atoms with E-state index in [4.69, 9.17) is 0 Å². The molecule has 0 bridgehead atoms. The summed E-state index contributed by atoms with van der Waals surface area (Å²) < 4.78 is 3.40. The zero-order valence-electron chi connectivity index (χ0n) is 25.2. The third-order valence-corrected chi connectivity index (χ3v) is 14.1. The van der Waals surface area contributed by atoms with Gasteiger partial charge in [0.25, 0.3) is 0 Å². The van der Waals surface area contributed by atoms with Crippen LogP contribution in [0.1, 0.15) is 70.8 Å². The topological polar surface area (TPSA) is 0 Å². The molecule has 208 valence electrons. The first-order valence-corrected chi connectivity index (χ1v) is 18.3. The summed E-state index contributed by atoms with van der Waals surface area (Å²) in [5.74, 6) is 0. The van der Waals surface area contributed by atoms with Gasteiger partial charge < -0.3 is 6.92 Å². The molecule has 0 aromatic heterocycles. The summed E-state index contributed by atoms with van der Waals surface area (Å²) in [6, 6.07) is 28.9. The quantitative estimate of drug-likeness (QED) is 0.127. The van der Waals surface area contributed by atoms with Crippen LogP contribution < -0.4 is 0 Å². The van der Waals surface area contributed by atoms with Gasteiger partial charge >= 0.3 is 206 Å². The van der Waals surface area contributed by atoms with Crippen LogP contribution in [-0.2, 0) is 48.0 Å². The largest absolute Gasteiger partial charge is 0.346 e. The standard InChI is InChI=1S/2C16H12.C7H5Si.C2H5.Zr/c2*1-10-7-13-9-12-6-5-11-3-2-4-14(16(11)12)15(13)8-10;8-6-7-4-2-1-3-5-7;1-2;/h2*2-4,8-9H,5-6H2,1H3;1-5H;1H2,2H3;/q;;2*-1;. The molecule has 0 saturated heterocycles. The maximum absolute atomic E-state index is 3.25. The molecule has 9 rings (SSSR count). The summed E-state index contributed by atoms with van der Waals surface area (Å²) in [4.78, 5) is 0. The molecule has 0 aliphatic heterocycles. The van der Waals surface area contributed by atoms with Gasteiger partial charge in [-0.3, -0.25) is 0 Å². The van der Waals surface area contributed by atoms with Crippen LogP contribution in [0.25, 0.3) is 33.7 Å². The molecule has 0 heterocycles. The summed E-state index contributed by atoms with van der Waals surface area (Å²) >= 11 is -0.961. The van der Waals surface area contributed by atoms with Gasteiger partial charge in [0, 0.05) is 0 Å². The van der Waals surface area contributed by atoms with E-state index in [9.17, 15) is 0 Å². The molecule has 0 saturated carbocycles. The molecule has 0 nitrogen and oxygen atoms in total. The molecular formula is C41H34SiZr-2. The van der Waals surface area contributed by atoms with Crippen molar-refractivity contribution in [2.45, 2.75) is 46.5 Å². The molecule has 5 aromatic rings. The summed E-state index contributed by atoms with van der Waals surface area (Å²) in [5, 5.41) is 6.07. The van der Waals surface area contributed by atoms with E-state index in [0.29, 0.717) is 0 Å². The molecule has 2 heteroatoms. The molecule has 0 fully saturated rings. The zero-order chi connectivity index (χ0) is 29.7. The first-order valence-electron chi connectivity index (χ1n) is 15.3. The fraction of sp³-hybridized carbons (Fsp3) is 0.171. The number of benzene rings is 5. The Morgan fingerprint density at radius 2 is 1.07 bits per heavy atom. The average Bonchev–Trinajstić information content (AvgIpc) is 3.82. The molecule has 5 aromatic carbocycles. The second-order valence-electron chi connectivity index (χ2n) is 11.7. The van der Waals surface area contributed by atoms with Crippen LogP contribution in [-0.4, -0.2) is 21.9 Å². The van der Waals surface area contributed by atoms with Crippen molar-refractivity contribution in [1.29, 1.82) is 0 Å². The Labute approximate surface area is 269 Å². The maximum atomic E-state index is 3.25. The minimum absolute atomic E-state index is 0.961. The van der Waals surface area contributed by atoms with Crippen molar-refractivity contribution in [1.82, 2.24) is 0 Å². The normalized spacial score (nSPS) is 14.8. The Morgan fingerprint density at radius 1 is 0.605 bits per heavy atom. The molecule has 2 radical (unpaired) electrons. The van der Waals surface area contributed by atoms with Crippen molar-refractivity contribution >= 4 is 55.6 Å². The molecule has 43 heavy (non-hydrogen) atoms. The van der Waals surface area contributed by atoms with Gasteiger partial charge in [-0.1, -0.05) is 15.9 Å². The van der Waals surface area contributed by atoms with E-state index in [0.717, 1.165) is 5.56 Å². The molecular weight excluding hydrogens is 612 g/mol. The summed E-state index contributed by atoms with van der Waals surface area (Å²) in [6.45, 7) is 9.72. The van der Waals surface area contributed by atoms with Crippen LogP contribution in [0.4, 0.5) is 0 Å². The minimum atomic E-state index is -0.961. The number of hydrogen-bond donors (Lipinski definition) is 0. The predicted molar refractivity (Wildman–Crippen MR) is 186 cm³/mol. The Bertz CT molecular complexity index is 1970. The number of fused-ring (bicyclic) bond motifs is 4. The summed E-state index contributed by atoms with van der Waals surface area (Å²) in [6.07, 6.45) is 9.81. The van der Waals surface area contributed by atoms with E-state index in [1.54, 1.807) is 57.5 Å². The zero-order valence-corrected chi connectivity index (χ0v) is 28.7. The number of rotatable bonds is 1. The Kier molecular flexibility index (Phi) is 7.79. The van der Waals surface area contributed by atoms with Gasteiger partial charge in [-0.05, 0) is 0 Å². The molecule has 0 atom stereocenters. The van der Waals surface area contributed by atoms with Crippen molar-refractivity contribution in [3.63, 3.8) is 0 Å². The van der Waals surface area contributed by atoms with E-state index >= 15 is 0 Å². The van der Waals surface area contributed by atoms with E-state index in [-0.39, 0.29) is 0 Å². The van der Waals surface area contributed by atoms with Crippen LogP contribution in [0.2, 0.25) is 0 Å². The Hall–Kier alpha value is -3.19. The number of hydrogen-bond acceptors (Lipinski definition) is 0. The molecule has 0 N–H and O–H groups in total. The minimum Gasteiger partial charge on any atom is -0.346 e. The van der Waals surface area contributed by atoms with Crippen LogP contribution in [0.3, 0.4) is 0 Å². The second-order valence-corrected chi connectivity index (χ2v) is 15.0. The van der Waals surface area contributed by atoms with E-state index in [1.807, 2.05) is 30.3 Å². The van der Waals surface area contributed by atoms with Crippen LogP contribution in [0, 0.1) is 6.92 Å². The third-order valence-electron chi connectivity index (χ3n) is 9.29. The molecule has 0 spiro atoms. The van der Waals surface area contributed by atoms with E-state index < -0.39 is 22.3 Å². The third kappa shape index (κ3) is 4.79. The van der Waals surface area contributed by atoms with Gasteiger partial charge in [0.05, 0.1) is 0 Å². The average molecular weight is 646 g/mol. The monoisotopic (exact) mass is 644 g/mol. The molecule has 4 aliphatic rings. The summed E-state index contributed by atoms with van der Waals surface area (Å²) in [5.41, 5.74) is 19.3. The fourth-order valence-electron chi connectivity index (χ4n) is 7.40. The molecule has 0 amide bonds. The van der Waals surface area contributed by atoms with Gasteiger partial charge in [0.2, 0.25) is 0 Å². The van der Waals surface area contributed by atoms with Crippen molar-refractivity contribution in [2.75, 3.05) is 0 Å². The van der Waals surface area contributed by atoms with Gasteiger partial charge in [-0.2, -0.15) is 30.3 Å². The van der Waals surface area contributed by atoms with Gasteiger partial charge in [-0.15, -0.1) is 12.1 Å². The molecule has 4 aliphatic carbocycles. The SMILES string of the molecule is CC1=Cc2c(cc3c4c(cccc24)CC3)[C]1=[Zr]=[C]1C(C)=Cc2c1cc1c3c(cccc23)CC1.[CH2-]C.[Si]=[C-]c1ccccc1. The van der Waals surface area contributed by atoms with Crippen LogP contribution >= 0.6 is 0 Å². The van der Waals surface area contributed by atoms with E-state index in [2.05, 4.69) is 97.0 Å². The van der Waals surface area contributed by atoms with Gasteiger partial charge in [0.1, 0.15) is 0 Å². The van der Waals surface area contributed by atoms with Crippen LogP contribution in [0.5, 0.6) is 0 Å². The van der Waals surface area contributed by atoms with Gasteiger partial charge in [-0.25, -0.2) is 0 Å². The summed E-state index contributed by atoms with van der Waals surface area (Å²) in [7, 11) is 3.15. The first-order chi connectivity index (χ1) is 21.1. The smallest absolute Gasteiger partial charge is 0.0664 e. The van der Waals surface area contributed by atoms with Crippen LogP contribution in [0.15, 0.2) is 90.0 Å². The number of allylic oxidation sites excluding steroid dienone is 2. The maximum Gasteiger partial charge on any atom is -0.0664 e. The van der Waals surface area contributed by atoms with Gasteiger partial charge in [0.15, 0.2) is 0 Å². The Balaban J connectivity index is 0.000000260.